The fraction of sp³-hybridized carbons (Fsp3) is 0.400. The third-order valence-electron chi connectivity index (χ3n) is 4.23. The molecule has 0 aliphatic heterocycles. The summed E-state index contributed by atoms with van der Waals surface area (Å²) in [5.41, 5.74) is 2.73. The molecule has 0 spiro atoms. The standard InChI is InChI=1S/C20H24FN5O2S/c1-12(2)28-11-5-10-22-19(27)18-13(3)23-20(29-18)17-14(4)26(25-24-17)16-8-6-15(21)7-9-16/h6-9,12H,5,10-11H2,1-4H3,(H,22,27). The SMILES string of the molecule is Cc1nc(-c2nnn(-c3ccc(F)cc3)c2C)sc1C(=O)NCCCOC(C)C. The van der Waals surface area contributed by atoms with Crippen molar-refractivity contribution in [2.24, 2.45) is 0 Å². The van der Waals surface area contributed by atoms with Crippen LogP contribution in [0.5, 0.6) is 0 Å². The summed E-state index contributed by atoms with van der Waals surface area (Å²) in [4.78, 5) is 17.6. The molecule has 154 valence electrons. The molecule has 1 N–H and O–H groups in total. The summed E-state index contributed by atoms with van der Waals surface area (Å²) in [5, 5.41) is 11.9. The first-order valence-electron chi connectivity index (χ1n) is 9.42. The van der Waals surface area contributed by atoms with E-state index in [1.807, 2.05) is 20.8 Å². The van der Waals surface area contributed by atoms with Gasteiger partial charge in [-0.15, -0.1) is 16.4 Å². The van der Waals surface area contributed by atoms with Gasteiger partial charge < -0.3 is 10.1 Å². The second kappa shape index (κ2) is 9.23. The molecule has 3 rings (SSSR count). The summed E-state index contributed by atoms with van der Waals surface area (Å²) < 4.78 is 20.3. The molecule has 0 fully saturated rings. The molecule has 0 bridgehead atoms. The monoisotopic (exact) mass is 417 g/mol. The molecule has 2 heterocycles. The molecule has 9 heteroatoms. The molecule has 3 aromatic rings. The first kappa shape index (κ1) is 21.1. The molecule has 2 aromatic heterocycles. The van der Waals surface area contributed by atoms with E-state index in [9.17, 15) is 9.18 Å². The molecule has 0 unspecified atom stereocenters. The number of carbonyl (C=O) groups is 1. The Morgan fingerprint density at radius 2 is 2.00 bits per heavy atom. The van der Waals surface area contributed by atoms with E-state index in [0.29, 0.717) is 40.1 Å². The maximum Gasteiger partial charge on any atom is 0.263 e. The van der Waals surface area contributed by atoms with Gasteiger partial charge in [0, 0.05) is 13.2 Å². The number of amides is 1. The summed E-state index contributed by atoms with van der Waals surface area (Å²) in [6.07, 6.45) is 0.934. The van der Waals surface area contributed by atoms with E-state index in [4.69, 9.17) is 4.74 Å². The molecule has 0 saturated carbocycles. The number of halogens is 1. The van der Waals surface area contributed by atoms with E-state index >= 15 is 0 Å². The van der Waals surface area contributed by atoms with Gasteiger partial charge in [0.1, 0.15) is 21.4 Å². The highest BCUT2D eigenvalue weighted by Gasteiger charge is 2.20. The van der Waals surface area contributed by atoms with E-state index in [0.717, 1.165) is 12.1 Å². The lowest BCUT2D eigenvalue weighted by atomic mass is 10.3. The van der Waals surface area contributed by atoms with Crippen molar-refractivity contribution in [1.82, 2.24) is 25.3 Å². The maximum atomic E-state index is 13.2. The quantitative estimate of drug-likeness (QED) is 0.565. The van der Waals surface area contributed by atoms with Gasteiger partial charge in [0.2, 0.25) is 0 Å². The number of ether oxygens (including phenoxy) is 1. The van der Waals surface area contributed by atoms with Gasteiger partial charge in [0.05, 0.1) is 23.2 Å². The largest absolute Gasteiger partial charge is 0.379 e. The summed E-state index contributed by atoms with van der Waals surface area (Å²) in [6.45, 7) is 8.78. The van der Waals surface area contributed by atoms with Crippen LogP contribution < -0.4 is 5.32 Å². The van der Waals surface area contributed by atoms with Crippen LogP contribution in [0.25, 0.3) is 16.4 Å². The van der Waals surface area contributed by atoms with Crippen LogP contribution >= 0.6 is 11.3 Å². The number of nitrogens with one attached hydrogen (secondary N) is 1. The second-order valence-corrected chi connectivity index (χ2v) is 7.87. The Kier molecular flexibility index (Phi) is 6.71. The number of hydrogen-bond donors (Lipinski definition) is 1. The molecule has 0 radical (unpaired) electrons. The van der Waals surface area contributed by atoms with Crippen molar-refractivity contribution in [2.45, 2.75) is 40.2 Å². The second-order valence-electron chi connectivity index (χ2n) is 6.87. The predicted octanol–water partition coefficient (Wildman–Crippen LogP) is 3.69. The topological polar surface area (TPSA) is 81.9 Å². The number of nitrogens with zero attached hydrogens (tertiary/aromatic N) is 4. The lowest BCUT2D eigenvalue weighted by Crippen LogP contribution is -2.25. The van der Waals surface area contributed by atoms with Crippen molar-refractivity contribution in [3.05, 3.63) is 46.3 Å². The van der Waals surface area contributed by atoms with E-state index in [-0.39, 0.29) is 17.8 Å². The van der Waals surface area contributed by atoms with Crippen molar-refractivity contribution in [2.75, 3.05) is 13.2 Å². The van der Waals surface area contributed by atoms with Crippen LogP contribution in [0.15, 0.2) is 24.3 Å². The van der Waals surface area contributed by atoms with Gasteiger partial charge >= 0.3 is 0 Å². The Morgan fingerprint density at radius 1 is 1.28 bits per heavy atom. The minimum Gasteiger partial charge on any atom is -0.379 e. The zero-order valence-corrected chi connectivity index (χ0v) is 17.7. The molecule has 7 nitrogen and oxygen atoms in total. The Balaban J connectivity index is 1.71. The number of carbonyl (C=O) groups excluding carboxylic acids is 1. The van der Waals surface area contributed by atoms with Crippen LogP contribution in [-0.4, -0.2) is 45.1 Å². The number of rotatable bonds is 8. The van der Waals surface area contributed by atoms with E-state index < -0.39 is 0 Å². The summed E-state index contributed by atoms with van der Waals surface area (Å²) in [6, 6.07) is 6.02. The van der Waals surface area contributed by atoms with Gasteiger partial charge in [-0.3, -0.25) is 4.79 Å². The molecule has 1 amide bonds. The van der Waals surface area contributed by atoms with Crippen LogP contribution in [-0.2, 0) is 4.74 Å². The van der Waals surface area contributed by atoms with Crippen molar-refractivity contribution in [1.29, 1.82) is 0 Å². The van der Waals surface area contributed by atoms with Crippen LogP contribution in [0.1, 0.15) is 41.3 Å². The molecule has 29 heavy (non-hydrogen) atoms. The smallest absolute Gasteiger partial charge is 0.263 e. The average Bonchev–Trinajstić information content (AvgIpc) is 3.24. The molecule has 0 aliphatic carbocycles. The van der Waals surface area contributed by atoms with Gasteiger partial charge in [-0.1, -0.05) is 5.21 Å². The van der Waals surface area contributed by atoms with Crippen LogP contribution in [0.3, 0.4) is 0 Å². The highest BCUT2D eigenvalue weighted by molar-refractivity contribution is 7.17. The fourth-order valence-corrected chi connectivity index (χ4v) is 3.76. The number of aromatic nitrogens is 4. The Morgan fingerprint density at radius 3 is 2.69 bits per heavy atom. The number of benzene rings is 1. The first-order valence-corrected chi connectivity index (χ1v) is 10.2. The lowest BCUT2D eigenvalue weighted by Gasteiger charge is -2.07. The Labute approximate surface area is 172 Å². The normalized spacial score (nSPS) is 11.2. The van der Waals surface area contributed by atoms with Crippen molar-refractivity contribution in [3.8, 4) is 16.4 Å². The molecular formula is C20H24FN5O2S. The van der Waals surface area contributed by atoms with E-state index in [1.165, 1.54) is 23.5 Å². The third kappa shape index (κ3) is 5.04. The average molecular weight is 418 g/mol. The number of hydrogen-bond acceptors (Lipinski definition) is 6. The van der Waals surface area contributed by atoms with Crippen LogP contribution in [0, 0.1) is 19.7 Å². The summed E-state index contributed by atoms with van der Waals surface area (Å²) >= 11 is 1.28. The van der Waals surface area contributed by atoms with Crippen molar-refractivity contribution < 1.29 is 13.9 Å². The lowest BCUT2D eigenvalue weighted by molar-refractivity contribution is 0.0757. The van der Waals surface area contributed by atoms with E-state index in [1.54, 1.807) is 23.7 Å². The molecule has 0 aliphatic rings. The summed E-state index contributed by atoms with van der Waals surface area (Å²) in [5.74, 6) is -0.465. The first-order chi connectivity index (χ1) is 13.9. The zero-order chi connectivity index (χ0) is 21.0. The van der Waals surface area contributed by atoms with Crippen molar-refractivity contribution >= 4 is 17.2 Å². The summed E-state index contributed by atoms with van der Waals surface area (Å²) in [7, 11) is 0. The van der Waals surface area contributed by atoms with Crippen LogP contribution in [0.2, 0.25) is 0 Å². The maximum absolute atomic E-state index is 13.2. The van der Waals surface area contributed by atoms with Gasteiger partial charge in [0.25, 0.3) is 5.91 Å². The minimum absolute atomic E-state index is 0.153. The highest BCUT2D eigenvalue weighted by atomic mass is 32.1. The van der Waals surface area contributed by atoms with Crippen molar-refractivity contribution in [3.63, 3.8) is 0 Å². The third-order valence-corrected chi connectivity index (χ3v) is 5.39. The van der Waals surface area contributed by atoms with Gasteiger partial charge in [-0.05, 0) is 58.4 Å². The predicted molar refractivity (Wildman–Crippen MR) is 110 cm³/mol. The van der Waals surface area contributed by atoms with Crippen LogP contribution in [0.4, 0.5) is 4.39 Å². The van der Waals surface area contributed by atoms with E-state index in [2.05, 4.69) is 20.6 Å². The number of aryl methyl sites for hydroxylation is 1. The fourth-order valence-electron chi connectivity index (χ4n) is 2.74. The molecular weight excluding hydrogens is 393 g/mol. The molecule has 1 aromatic carbocycles. The molecule has 0 atom stereocenters. The minimum atomic E-state index is -0.311. The number of thiazole rings is 1. The highest BCUT2D eigenvalue weighted by Crippen LogP contribution is 2.29. The Bertz CT molecular complexity index is 981. The van der Waals surface area contributed by atoms with Gasteiger partial charge in [0.15, 0.2) is 0 Å². The van der Waals surface area contributed by atoms with Gasteiger partial charge in [-0.25, -0.2) is 14.1 Å². The molecule has 0 saturated heterocycles. The Hall–Kier alpha value is -2.65. The van der Waals surface area contributed by atoms with Gasteiger partial charge in [-0.2, -0.15) is 0 Å². The zero-order valence-electron chi connectivity index (χ0n) is 16.9.